The lowest BCUT2D eigenvalue weighted by atomic mass is 10.2. The molecule has 0 aliphatic carbocycles. The van der Waals surface area contributed by atoms with Crippen molar-refractivity contribution in [2.75, 3.05) is 23.7 Å². The Morgan fingerprint density at radius 1 is 1.29 bits per heavy atom. The van der Waals surface area contributed by atoms with Gasteiger partial charge in [-0.15, -0.1) is 0 Å². The van der Waals surface area contributed by atoms with Gasteiger partial charge < -0.3 is 4.74 Å². The van der Waals surface area contributed by atoms with Crippen LogP contribution < -0.4 is 14.5 Å². The van der Waals surface area contributed by atoms with Crippen LogP contribution in [0.5, 0.6) is 5.75 Å². The van der Waals surface area contributed by atoms with Crippen LogP contribution in [-0.2, 0) is 14.8 Å². The molecular weight excluding hydrogens is 402 g/mol. The van der Waals surface area contributed by atoms with Gasteiger partial charge in [-0.2, -0.15) is 5.10 Å². The molecule has 0 bridgehead atoms. The summed E-state index contributed by atoms with van der Waals surface area (Å²) in [7, 11) is -3.72. The van der Waals surface area contributed by atoms with Crippen molar-refractivity contribution < 1.29 is 17.9 Å². The molecule has 0 saturated heterocycles. The first kappa shape index (κ1) is 21.5. The normalized spacial score (nSPS) is 11.2. The second-order valence-corrected chi connectivity index (χ2v) is 8.00. The highest BCUT2D eigenvalue weighted by Gasteiger charge is 2.22. The average molecular weight is 422 g/mol. The van der Waals surface area contributed by atoms with Crippen molar-refractivity contribution in [1.29, 1.82) is 0 Å². The number of carbonyl (C=O) groups excluding carboxylic acids is 1. The predicted octanol–water partition coefficient (Wildman–Crippen LogP) is 2.82. The first-order valence-electron chi connectivity index (χ1n) is 8.19. The lowest BCUT2D eigenvalue weighted by Crippen LogP contribution is -2.39. The highest BCUT2D eigenvalue weighted by Crippen LogP contribution is 2.26. The first-order valence-corrected chi connectivity index (χ1v) is 10.4. The molecule has 0 radical (unpaired) electrons. The SMILES string of the molecule is C=CCOc1cccc(/C=N\NC(=O)CN(c2ccccc2Cl)S(C)(=O)=O)c1. The number of para-hydroxylation sites is 1. The van der Waals surface area contributed by atoms with Gasteiger partial charge in [-0.05, 0) is 29.8 Å². The lowest BCUT2D eigenvalue weighted by Gasteiger charge is -2.22. The number of amides is 1. The van der Waals surface area contributed by atoms with Crippen LogP contribution >= 0.6 is 11.6 Å². The number of nitrogens with zero attached hydrogens (tertiary/aromatic N) is 2. The van der Waals surface area contributed by atoms with Gasteiger partial charge in [0.2, 0.25) is 10.0 Å². The summed E-state index contributed by atoms with van der Waals surface area (Å²) < 4.78 is 30.5. The molecule has 2 rings (SSSR count). The summed E-state index contributed by atoms with van der Waals surface area (Å²) in [6.45, 7) is 3.50. The van der Waals surface area contributed by atoms with Gasteiger partial charge in [-0.1, -0.05) is 48.5 Å². The number of sulfonamides is 1. The molecule has 148 valence electrons. The number of rotatable bonds is 9. The Kier molecular flexibility index (Phi) is 7.60. The van der Waals surface area contributed by atoms with Crippen molar-refractivity contribution >= 4 is 39.4 Å². The number of nitrogens with one attached hydrogen (secondary N) is 1. The molecular formula is C19H20ClN3O4S. The van der Waals surface area contributed by atoms with Gasteiger partial charge >= 0.3 is 0 Å². The van der Waals surface area contributed by atoms with Crippen LogP contribution in [0, 0.1) is 0 Å². The molecule has 0 atom stereocenters. The molecule has 0 spiro atoms. The van der Waals surface area contributed by atoms with Gasteiger partial charge in [-0.25, -0.2) is 13.8 Å². The summed E-state index contributed by atoms with van der Waals surface area (Å²) in [4.78, 5) is 12.2. The van der Waals surface area contributed by atoms with E-state index in [1.807, 2.05) is 0 Å². The molecule has 7 nitrogen and oxygen atoms in total. The smallest absolute Gasteiger partial charge is 0.260 e. The Bertz CT molecular complexity index is 977. The largest absolute Gasteiger partial charge is 0.490 e. The third kappa shape index (κ3) is 6.40. The van der Waals surface area contributed by atoms with Gasteiger partial charge in [0.05, 0.1) is 23.2 Å². The summed E-state index contributed by atoms with van der Waals surface area (Å²) in [5, 5.41) is 4.08. The summed E-state index contributed by atoms with van der Waals surface area (Å²) in [5.41, 5.74) is 3.23. The Morgan fingerprint density at radius 2 is 2.04 bits per heavy atom. The fourth-order valence-corrected chi connectivity index (χ4v) is 3.38. The molecule has 0 fully saturated rings. The number of ether oxygens (including phenoxy) is 1. The van der Waals surface area contributed by atoms with Crippen molar-refractivity contribution in [2.45, 2.75) is 0 Å². The van der Waals surface area contributed by atoms with Crippen molar-refractivity contribution in [2.24, 2.45) is 5.10 Å². The second kappa shape index (κ2) is 9.91. The minimum Gasteiger partial charge on any atom is -0.490 e. The number of benzene rings is 2. The molecule has 2 aromatic rings. The van der Waals surface area contributed by atoms with Crippen LogP contribution in [0.3, 0.4) is 0 Å². The number of halogens is 1. The van der Waals surface area contributed by atoms with E-state index in [9.17, 15) is 13.2 Å². The van der Waals surface area contributed by atoms with Crippen molar-refractivity contribution in [3.05, 3.63) is 71.8 Å². The van der Waals surface area contributed by atoms with Gasteiger partial charge in [-0.3, -0.25) is 9.10 Å². The zero-order chi connectivity index (χ0) is 20.6. The molecule has 0 aliphatic heterocycles. The monoisotopic (exact) mass is 421 g/mol. The maximum absolute atomic E-state index is 12.2. The summed E-state index contributed by atoms with van der Waals surface area (Å²) in [6, 6.07) is 13.5. The Morgan fingerprint density at radius 3 is 2.71 bits per heavy atom. The Hall–Kier alpha value is -2.84. The number of hydrogen-bond donors (Lipinski definition) is 1. The number of anilines is 1. The molecule has 0 heterocycles. The summed E-state index contributed by atoms with van der Waals surface area (Å²) in [5.74, 6) is 0.0257. The molecule has 0 unspecified atom stereocenters. The van der Waals surface area contributed by atoms with Crippen molar-refractivity contribution in [3.63, 3.8) is 0 Å². The third-order valence-electron chi connectivity index (χ3n) is 3.44. The van der Waals surface area contributed by atoms with E-state index in [-0.39, 0.29) is 10.7 Å². The maximum Gasteiger partial charge on any atom is 0.260 e. The summed E-state index contributed by atoms with van der Waals surface area (Å²) in [6.07, 6.45) is 4.06. The van der Waals surface area contributed by atoms with Gasteiger partial charge in [0.1, 0.15) is 18.9 Å². The number of carbonyl (C=O) groups is 1. The van der Waals surface area contributed by atoms with E-state index in [0.717, 1.165) is 10.6 Å². The summed E-state index contributed by atoms with van der Waals surface area (Å²) >= 11 is 6.06. The van der Waals surface area contributed by atoms with Crippen molar-refractivity contribution in [3.8, 4) is 5.75 Å². The molecule has 0 aliphatic rings. The van der Waals surface area contributed by atoms with E-state index in [1.165, 1.54) is 12.3 Å². The van der Waals surface area contributed by atoms with E-state index >= 15 is 0 Å². The molecule has 28 heavy (non-hydrogen) atoms. The van der Waals surface area contributed by atoms with Gasteiger partial charge in [0.15, 0.2) is 0 Å². The van der Waals surface area contributed by atoms with Crippen LogP contribution in [-0.4, -0.2) is 39.9 Å². The topological polar surface area (TPSA) is 88.1 Å². The maximum atomic E-state index is 12.2. The van der Waals surface area contributed by atoms with Crippen molar-refractivity contribution in [1.82, 2.24) is 5.43 Å². The fourth-order valence-electron chi connectivity index (χ4n) is 2.22. The number of hydrogen-bond acceptors (Lipinski definition) is 5. The molecule has 2 aromatic carbocycles. The number of hydrazone groups is 1. The highest BCUT2D eigenvalue weighted by atomic mass is 35.5. The van der Waals surface area contributed by atoms with Crippen LogP contribution in [0.1, 0.15) is 5.56 Å². The molecule has 0 aromatic heterocycles. The Labute approximate surface area is 169 Å². The van der Waals surface area contributed by atoms with Crippen LogP contribution in [0.2, 0.25) is 5.02 Å². The van der Waals surface area contributed by atoms with E-state index in [4.69, 9.17) is 16.3 Å². The van der Waals surface area contributed by atoms with Gasteiger partial charge in [0.25, 0.3) is 5.91 Å². The molecule has 9 heteroatoms. The molecule has 0 saturated carbocycles. The molecule has 1 amide bonds. The quantitative estimate of drug-likeness (QED) is 0.383. The second-order valence-electron chi connectivity index (χ2n) is 5.69. The zero-order valence-electron chi connectivity index (χ0n) is 15.2. The lowest BCUT2D eigenvalue weighted by molar-refractivity contribution is -0.119. The van der Waals surface area contributed by atoms with E-state index in [2.05, 4.69) is 17.1 Å². The average Bonchev–Trinajstić information content (AvgIpc) is 2.65. The van der Waals surface area contributed by atoms with E-state index < -0.39 is 22.5 Å². The van der Waals surface area contributed by atoms with E-state index in [0.29, 0.717) is 17.9 Å². The third-order valence-corrected chi connectivity index (χ3v) is 4.88. The van der Waals surface area contributed by atoms with Crippen LogP contribution in [0.15, 0.2) is 66.3 Å². The minimum absolute atomic E-state index is 0.220. The zero-order valence-corrected chi connectivity index (χ0v) is 16.8. The standard InChI is InChI=1S/C19H20ClN3O4S/c1-3-11-27-16-8-6-7-15(12-16)13-21-22-19(24)14-23(28(2,25)26)18-10-5-4-9-17(18)20/h3-10,12-13H,1,11,14H2,2H3,(H,22,24)/b21-13-. The van der Waals surface area contributed by atoms with Gasteiger partial charge in [0, 0.05) is 0 Å². The minimum atomic E-state index is -3.72. The molecule has 1 N–H and O–H groups in total. The fraction of sp³-hybridized carbons (Fsp3) is 0.158. The van der Waals surface area contributed by atoms with Crippen LogP contribution in [0.4, 0.5) is 5.69 Å². The highest BCUT2D eigenvalue weighted by molar-refractivity contribution is 7.92. The van der Waals surface area contributed by atoms with E-state index in [1.54, 1.807) is 48.5 Å². The predicted molar refractivity (Wildman–Crippen MR) is 112 cm³/mol. The Balaban J connectivity index is 2.05. The first-order chi connectivity index (χ1) is 13.3. The van der Waals surface area contributed by atoms with Crippen LogP contribution in [0.25, 0.3) is 0 Å².